The van der Waals surface area contributed by atoms with E-state index in [2.05, 4.69) is 89.4 Å². The average molecular weight is 446 g/mol. The molecule has 1 unspecified atom stereocenters. The Morgan fingerprint density at radius 3 is 2.27 bits per heavy atom. The number of nitrogens with two attached hydrogens (primary N) is 1. The zero-order chi connectivity index (χ0) is 24.0. The van der Waals surface area contributed by atoms with Crippen LogP contribution in [0.1, 0.15) is 81.5 Å². The molecule has 0 spiro atoms. The lowest BCUT2D eigenvalue weighted by molar-refractivity contribution is 0.0842. The number of hydrogen-bond acceptors (Lipinski definition) is 2. The molecule has 2 heteroatoms. The van der Waals surface area contributed by atoms with E-state index in [0.717, 1.165) is 43.4 Å². The van der Waals surface area contributed by atoms with Crippen LogP contribution in [0.2, 0.25) is 0 Å². The van der Waals surface area contributed by atoms with E-state index in [1.54, 1.807) is 0 Å². The molecule has 0 aromatic heterocycles. The number of aryl methyl sites for hydroxylation is 2. The molecule has 0 aliphatic heterocycles. The van der Waals surface area contributed by atoms with Crippen LogP contribution < -0.4 is 5.73 Å². The largest absolute Gasteiger partial charge is 0.489 e. The summed E-state index contributed by atoms with van der Waals surface area (Å²) in [4.78, 5) is 0. The Hall–Kier alpha value is -2.32. The second kappa shape index (κ2) is 11.2. The molecule has 2 N–H and O–H groups in total. The van der Waals surface area contributed by atoms with Gasteiger partial charge in [0.05, 0.1) is 5.54 Å². The van der Waals surface area contributed by atoms with E-state index in [1.807, 2.05) is 0 Å². The maximum atomic E-state index is 6.98. The van der Waals surface area contributed by atoms with Crippen molar-refractivity contribution >= 4 is 11.3 Å². The van der Waals surface area contributed by atoms with Crippen LogP contribution in [0, 0.1) is 18.8 Å². The molecular formula is C31H43NO. The first-order chi connectivity index (χ1) is 15.8. The third kappa shape index (κ3) is 6.18. The normalized spacial score (nSPS) is 23.3. The van der Waals surface area contributed by atoms with Crippen LogP contribution in [0.25, 0.3) is 11.3 Å². The third-order valence-corrected chi connectivity index (χ3v) is 7.67. The maximum absolute atomic E-state index is 6.98. The summed E-state index contributed by atoms with van der Waals surface area (Å²) in [5.74, 6) is 1.62. The van der Waals surface area contributed by atoms with E-state index in [-0.39, 0.29) is 6.10 Å². The molecule has 0 heterocycles. The summed E-state index contributed by atoms with van der Waals surface area (Å²) in [6.07, 6.45) is 7.74. The van der Waals surface area contributed by atoms with Gasteiger partial charge in [0.2, 0.25) is 0 Å². The molecular weight excluding hydrogens is 402 g/mol. The SMILES string of the molecule is C=C(CC(CC)[C@H]1CC[C@H](OC(=C)c2ccc(C)cc2)[C@]1(C)N)c1ccc(CCCC)cc1. The van der Waals surface area contributed by atoms with Gasteiger partial charge in [0.25, 0.3) is 0 Å². The zero-order valence-electron chi connectivity index (χ0n) is 21.2. The molecule has 0 bridgehead atoms. The van der Waals surface area contributed by atoms with Crippen LogP contribution in [0.4, 0.5) is 0 Å². The van der Waals surface area contributed by atoms with Crippen LogP contribution in [-0.2, 0) is 11.2 Å². The van der Waals surface area contributed by atoms with Crippen molar-refractivity contribution < 1.29 is 4.74 Å². The molecule has 2 aromatic rings. The predicted octanol–water partition coefficient (Wildman–Crippen LogP) is 7.95. The number of rotatable bonds is 11. The van der Waals surface area contributed by atoms with Crippen LogP contribution in [0.5, 0.6) is 0 Å². The fourth-order valence-electron chi connectivity index (χ4n) is 5.39. The lowest BCUT2D eigenvalue weighted by Gasteiger charge is -2.37. The Balaban J connectivity index is 1.64. The summed E-state index contributed by atoms with van der Waals surface area (Å²) in [5, 5.41) is 0. The van der Waals surface area contributed by atoms with Crippen molar-refractivity contribution in [2.75, 3.05) is 0 Å². The van der Waals surface area contributed by atoms with Crippen molar-refractivity contribution in [1.82, 2.24) is 0 Å². The first-order valence-electron chi connectivity index (χ1n) is 12.7. The molecule has 2 nitrogen and oxygen atoms in total. The van der Waals surface area contributed by atoms with Gasteiger partial charge in [0.1, 0.15) is 11.9 Å². The Bertz CT molecular complexity index is 922. The number of unbranched alkanes of at least 4 members (excludes halogenated alkanes) is 1. The molecule has 1 aliphatic rings. The van der Waals surface area contributed by atoms with Gasteiger partial charge >= 0.3 is 0 Å². The van der Waals surface area contributed by atoms with Crippen molar-refractivity contribution in [1.29, 1.82) is 0 Å². The molecule has 0 amide bonds. The third-order valence-electron chi connectivity index (χ3n) is 7.67. The number of hydrogen-bond donors (Lipinski definition) is 1. The number of ether oxygens (including phenoxy) is 1. The van der Waals surface area contributed by atoms with Gasteiger partial charge in [-0.2, -0.15) is 0 Å². The van der Waals surface area contributed by atoms with Gasteiger partial charge in [0.15, 0.2) is 0 Å². The van der Waals surface area contributed by atoms with E-state index >= 15 is 0 Å². The van der Waals surface area contributed by atoms with Gasteiger partial charge in [-0.1, -0.05) is 93.9 Å². The van der Waals surface area contributed by atoms with Gasteiger partial charge in [-0.05, 0) is 74.5 Å². The zero-order valence-corrected chi connectivity index (χ0v) is 21.2. The summed E-state index contributed by atoms with van der Waals surface area (Å²) in [5.41, 5.74) is 12.7. The van der Waals surface area contributed by atoms with E-state index in [9.17, 15) is 0 Å². The molecule has 0 radical (unpaired) electrons. The second-order valence-electron chi connectivity index (χ2n) is 10.2. The monoisotopic (exact) mass is 445 g/mol. The summed E-state index contributed by atoms with van der Waals surface area (Å²) < 4.78 is 6.37. The fourth-order valence-corrected chi connectivity index (χ4v) is 5.39. The van der Waals surface area contributed by atoms with Crippen LogP contribution in [0.15, 0.2) is 61.7 Å². The highest BCUT2D eigenvalue weighted by Gasteiger charge is 2.48. The maximum Gasteiger partial charge on any atom is 0.119 e. The summed E-state index contributed by atoms with van der Waals surface area (Å²) in [6.45, 7) is 17.4. The standard InChI is InChI=1S/C31H43NO/c1-7-9-10-25-13-17-27(18-14-25)23(4)21-26(8-2)29-19-20-30(31(29,6)32)33-24(5)28-15-11-22(3)12-16-28/h11-18,26,29-30H,4-5,7-10,19-21,32H2,1-3,6H3/t26?,29-,30+,31-/m1/s1. The highest BCUT2D eigenvalue weighted by atomic mass is 16.5. The number of allylic oxidation sites excluding steroid dienone is 1. The molecule has 178 valence electrons. The molecule has 33 heavy (non-hydrogen) atoms. The number of benzene rings is 2. The minimum absolute atomic E-state index is 0.0172. The minimum Gasteiger partial charge on any atom is -0.489 e. The smallest absolute Gasteiger partial charge is 0.119 e. The molecule has 4 atom stereocenters. The quantitative estimate of drug-likeness (QED) is 0.356. The molecule has 2 aromatic carbocycles. The van der Waals surface area contributed by atoms with Gasteiger partial charge in [-0.3, -0.25) is 0 Å². The van der Waals surface area contributed by atoms with Gasteiger partial charge < -0.3 is 10.5 Å². The van der Waals surface area contributed by atoms with E-state index < -0.39 is 5.54 Å². The fraction of sp³-hybridized carbons (Fsp3) is 0.484. The van der Waals surface area contributed by atoms with Crippen LogP contribution in [-0.4, -0.2) is 11.6 Å². The van der Waals surface area contributed by atoms with Crippen molar-refractivity contribution in [3.8, 4) is 0 Å². The first kappa shape index (κ1) is 25.3. The summed E-state index contributed by atoms with van der Waals surface area (Å²) in [7, 11) is 0. The van der Waals surface area contributed by atoms with E-state index in [1.165, 1.54) is 35.1 Å². The second-order valence-corrected chi connectivity index (χ2v) is 10.2. The molecule has 3 rings (SSSR count). The van der Waals surface area contributed by atoms with Crippen LogP contribution >= 0.6 is 0 Å². The molecule has 1 fully saturated rings. The Morgan fingerprint density at radius 2 is 1.67 bits per heavy atom. The predicted molar refractivity (Wildman–Crippen MR) is 143 cm³/mol. The lowest BCUT2D eigenvalue weighted by atomic mass is 9.74. The molecule has 1 saturated carbocycles. The van der Waals surface area contributed by atoms with E-state index in [0.29, 0.717) is 11.8 Å². The Labute approximate surface area is 201 Å². The van der Waals surface area contributed by atoms with Crippen LogP contribution in [0.3, 0.4) is 0 Å². The van der Waals surface area contributed by atoms with Crippen molar-refractivity contribution in [2.24, 2.45) is 17.6 Å². The highest BCUT2D eigenvalue weighted by molar-refractivity contribution is 5.63. The topological polar surface area (TPSA) is 35.2 Å². The Kier molecular flexibility index (Phi) is 8.59. The van der Waals surface area contributed by atoms with Gasteiger partial charge in [0, 0.05) is 5.56 Å². The highest BCUT2D eigenvalue weighted by Crippen LogP contribution is 2.45. The lowest BCUT2D eigenvalue weighted by Crippen LogP contribution is -2.52. The first-order valence-corrected chi connectivity index (χ1v) is 12.7. The van der Waals surface area contributed by atoms with Crippen molar-refractivity contribution in [3.05, 3.63) is 83.9 Å². The summed E-state index contributed by atoms with van der Waals surface area (Å²) >= 11 is 0. The average Bonchev–Trinajstić information content (AvgIpc) is 3.10. The van der Waals surface area contributed by atoms with Crippen molar-refractivity contribution in [2.45, 2.75) is 84.3 Å². The molecule has 1 aliphatic carbocycles. The van der Waals surface area contributed by atoms with E-state index in [4.69, 9.17) is 10.5 Å². The Morgan fingerprint density at radius 1 is 1.03 bits per heavy atom. The van der Waals surface area contributed by atoms with Crippen molar-refractivity contribution in [3.63, 3.8) is 0 Å². The minimum atomic E-state index is -0.390. The van der Waals surface area contributed by atoms with Gasteiger partial charge in [-0.15, -0.1) is 0 Å². The van der Waals surface area contributed by atoms with Gasteiger partial charge in [-0.25, -0.2) is 0 Å². The summed E-state index contributed by atoms with van der Waals surface area (Å²) in [6, 6.07) is 17.4. The molecule has 0 saturated heterocycles.